The fourth-order valence-electron chi connectivity index (χ4n) is 6.95. The van der Waals surface area contributed by atoms with Crippen molar-refractivity contribution in [2.45, 2.75) is 229 Å². The van der Waals surface area contributed by atoms with E-state index in [0.29, 0.717) is 12.8 Å². The Morgan fingerprint density at radius 1 is 0.643 bits per heavy atom. The smallest absolute Gasteiger partial charge is 0.391 e. The van der Waals surface area contributed by atoms with Crippen molar-refractivity contribution >= 4 is 13.7 Å². The molecular formula is C42H80NO12P. The van der Waals surface area contributed by atoms with Crippen LogP contribution in [0.2, 0.25) is 0 Å². The van der Waals surface area contributed by atoms with Crippen molar-refractivity contribution in [3.05, 3.63) is 24.3 Å². The first-order valence-electron chi connectivity index (χ1n) is 21.9. The van der Waals surface area contributed by atoms with E-state index in [1.165, 1.54) is 102 Å². The summed E-state index contributed by atoms with van der Waals surface area (Å²) >= 11 is 0. The van der Waals surface area contributed by atoms with E-state index >= 15 is 0 Å². The van der Waals surface area contributed by atoms with Crippen LogP contribution in [0.15, 0.2) is 24.3 Å². The third-order valence-corrected chi connectivity index (χ3v) is 11.6. The Hall–Kier alpha value is -1.22. The zero-order valence-electron chi connectivity index (χ0n) is 34.5. The predicted molar refractivity (Wildman–Crippen MR) is 220 cm³/mol. The summed E-state index contributed by atoms with van der Waals surface area (Å²) in [6, 6.07) is -1.18. The number of carbonyl (C=O) groups is 1. The van der Waals surface area contributed by atoms with Crippen LogP contribution in [0.3, 0.4) is 0 Å². The second-order valence-electron chi connectivity index (χ2n) is 15.7. The van der Waals surface area contributed by atoms with Gasteiger partial charge in [0.25, 0.3) is 0 Å². The van der Waals surface area contributed by atoms with Gasteiger partial charge in [-0.1, -0.05) is 167 Å². The Bertz CT molecular complexity index is 1060. The third kappa shape index (κ3) is 24.6. The molecule has 0 aromatic rings. The summed E-state index contributed by atoms with van der Waals surface area (Å²) in [7, 11) is -5.12. The molecule has 1 saturated carbocycles. The summed E-state index contributed by atoms with van der Waals surface area (Å²) in [5, 5.41) is 74.2. The van der Waals surface area contributed by atoms with Crippen molar-refractivity contribution in [1.82, 2.24) is 5.32 Å². The maximum absolute atomic E-state index is 12.9. The molecule has 1 rings (SSSR count). The van der Waals surface area contributed by atoms with Gasteiger partial charge in [-0.05, 0) is 25.7 Å². The Morgan fingerprint density at radius 2 is 1.09 bits per heavy atom. The van der Waals surface area contributed by atoms with Gasteiger partial charge in [0, 0.05) is 0 Å². The minimum Gasteiger partial charge on any atom is -0.391 e. The van der Waals surface area contributed by atoms with Gasteiger partial charge < -0.3 is 46.0 Å². The zero-order valence-corrected chi connectivity index (χ0v) is 35.4. The number of carbonyl (C=O) groups excluding carboxylic acids is 1. The van der Waals surface area contributed by atoms with Crippen LogP contribution in [-0.2, 0) is 18.4 Å². The highest BCUT2D eigenvalue weighted by molar-refractivity contribution is 7.47. The van der Waals surface area contributed by atoms with Gasteiger partial charge in [0.15, 0.2) is 0 Å². The number of aliphatic hydroxyl groups is 7. The number of amides is 1. The summed E-state index contributed by atoms with van der Waals surface area (Å²) in [4.78, 5) is 23.3. The minimum absolute atomic E-state index is 0.257. The minimum atomic E-state index is -5.12. The summed E-state index contributed by atoms with van der Waals surface area (Å²) in [6.07, 6.45) is 19.8. The molecule has 0 spiro atoms. The van der Waals surface area contributed by atoms with E-state index in [4.69, 9.17) is 9.05 Å². The molecule has 0 aromatic carbocycles. The second-order valence-corrected chi connectivity index (χ2v) is 17.1. The highest BCUT2D eigenvalue weighted by atomic mass is 31.2. The lowest BCUT2D eigenvalue weighted by molar-refractivity contribution is -0.220. The van der Waals surface area contributed by atoms with Crippen LogP contribution in [0.1, 0.15) is 174 Å². The molecule has 8 unspecified atom stereocenters. The number of phosphoric acid groups is 1. The van der Waals surface area contributed by atoms with Crippen molar-refractivity contribution in [1.29, 1.82) is 0 Å². The molecule has 9 N–H and O–H groups in total. The van der Waals surface area contributed by atoms with Crippen LogP contribution in [0, 0.1) is 0 Å². The molecule has 14 heteroatoms. The Labute approximate surface area is 337 Å². The van der Waals surface area contributed by atoms with Crippen LogP contribution in [0.25, 0.3) is 0 Å². The highest BCUT2D eigenvalue weighted by Gasteiger charge is 2.51. The molecule has 1 aliphatic rings. The highest BCUT2D eigenvalue weighted by Crippen LogP contribution is 2.47. The quantitative estimate of drug-likeness (QED) is 0.0192. The van der Waals surface area contributed by atoms with Crippen LogP contribution in [0.4, 0.5) is 0 Å². The Morgan fingerprint density at radius 3 is 1.59 bits per heavy atom. The number of aliphatic hydroxyl groups excluding tert-OH is 7. The summed E-state index contributed by atoms with van der Waals surface area (Å²) < 4.78 is 22.8. The molecule has 13 nitrogen and oxygen atoms in total. The molecule has 1 fully saturated rings. The van der Waals surface area contributed by atoms with Crippen molar-refractivity contribution in [2.24, 2.45) is 0 Å². The number of phosphoric ester groups is 1. The Kier molecular flexibility index (Phi) is 30.7. The molecular weight excluding hydrogens is 741 g/mol. The third-order valence-electron chi connectivity index (χ3n) is 10.6. The van der Waals surface area contributed by atoms with Crippen molar-refractivity contribution < 1.29 is 59.0 Å². The zero-order chi connectivity index (χ0) is 41.6. The average molecular weight is 822 g/mol. The molecule has 0 heterocycles. The lowest BCUT2D eigenvalue weighted by atomic mass is 9.85. The molecule has 0 aliphatic heterocycles. The maximum atomic E-state index is 12.9. The van der Waals surface area contributed by atoms with Gasteiger partial charge in [0.1, 0.15) is 36.6 Å². The van der Waals surface area contributed by atoms with Gasteiger partial charge in [-0.25, -0.2) is 4.57 Å². The van der Waals surface area contributed by atoms with Crippen molar-refractivity contribution in [3.8, 4) is 0 Å². The fourth-order valence-corrected chi connectivity index (χ4v) is 7.92. The second kappa shape index (κ2) is 32.6. The number of rotatable bonds is 35. The van der Waals surface area contributed by atoms with Gasteiger partial charge in [-0.15, -0.1) is 0 Å². The molecule has 56 heavy (non-hydrogen) atoms. The Balaban J connectivity index is 2.61. The summed E-state index contributed by atoms with van der Waals surface area (Å²) in [5.41, 5.74) is 0. The van der Waals surface area contributed by atoms with Crippen molar-refractivity contribution in [2.75, 3.05) is 6.61 Å². The molecule has 1 aliphatic carbocycles. The molecule has 0 saturated heterocycles. The van der Waals surface area contributed by atoms with E-state index in [0.717, 1.165) is 38.5 Å². The monoisotopic (exact) mass is 822 g/mol. The van der Waals surface area contributed by atoms with Crippen LogP contribution >= 0.6 is 7.82 Å². The number of hydrogen-bond acceptors (Lipinski definition) is 11. The van der Waals surface area contributed by atoms with E-state index in [1.807, 2.05) is 6.08 Å². The van der Waals surface area contributed by atoms with Crippen LogP contribution in [-0.4, -0.2) is 108 Å². The predicted octanol–water partition coefficient (Wildman–Crippen LogP) is 6.42. The lowest BCUT2D eigenvalue weighted by Gasteiger charge is -2.41. The van der Waals surface area contributed by atoms with Crippen molar-refractivity contribution in [3.63, 3.8) is 0 Å². The number of nitrogens with one attached hydrogen (secondary N) is 1. The molecule has 330 valence electrons. The van der Waals surface area contributed by atoms with E-state index in [2.05, 4.69) is 25.2 Å². The number of allylic oxidation sites excluding steroid dienone is 3. The SMILES string of the molecule is CCCCCCCC/C=C\C/C=C\C(O)CC(=O)NC(COP(=O)(O)OC1C(O)C(O)C(O)C(O)C1O)C(O)CCCCCCCCCCCCCCCCC. The first-order valence-corrected chi connectivity index (χ1v) is 23.4. The molecule has 1 amide bonds. The van der Waals surface area contributed by atoms with Crippen LogP contribution < -0.4 is 5.32 Å². The molecule has 8 atom stereocenters. The normalized spacial score (nSPS) is 24.4. The fraction of sp³-hybridized carbons (Fsp3) is 0.881. The summed E-state index contributed by atoms with van der Waals surface area (Å²) in [6.45, 7) is 3.73. The first-order chi connectivity index (χ1) is 26.8. The largest absolute Gasteiger partial charge is 0.472 e. The van der Waals surface area contributed by atoms with Gasteiger partial charge in [-0.3, -0.25) is 13.8 Å². The van der Waals surface area contributed by atoms with E-state index in [1.54, 1.807) is 6.08 Å². The average Bonchev–Trinajstić information content (AvgIpc) is 3.17. The van der Waals surface area contributed by atoms with Gasteiger partial charge in [0.2, 0.25) is 5.91 Å². The van der Waals surface area contributed by atoms with Gasteiger partial charge in [0.05, 0.1) is 31.3 Å². The van der Waals surface area contributed by atoms with E-state index in [9.17, 15) is 50.0 Å². The van der Waals surface area contributed by atoms with E-state index < -0.39 is 75.2 Å². The maximum Gasteiger partial charge on any atom is 0.472 e. The topological polar surface area (TPSA) is 226 Å². The number of hydrogen-bond donors (Lipinski definition) is 9. The standard InChI is InChI=1S/C42H80NO12P/c1-3-5-7-9-11-13-15-16-17-18-20-22-24-26-28-30-35(45)34(32-54-56(52,53)55-42-40(50)38(48)37(47)39(49)41(42)51)43-36(46)31-33(44)29-27-25-23-21-19-14-12-10-8-6-4-2/h21,23,27,29,33-35,37-42,44-45,47-51H,3-20,22,24-26,28,30-32H2,1-2H3,(H,43,46)(H,52,53)/b23-21-,29-27-. The molecule has 0 aromatic heterocycles. The van der Waals surface area contributed by atoms with Crippen LogP contribution in [0.5, 0.6) is 0 Å². The molecule has 0 bridgehead atoms. The van der Waals surface area contributed by atoms with Gasteiger partial charge >= 0.3 is 7.82 Å². The number of unbranched alkanes of at least 4 members (excludes halogenated alkanes) is 20. The van der Waals surface area contributed by atoms with Gasteiger partial charge in [-0.2, -0.15) is 0 Å². The van der Waals surface area contributed by atoms with E-state index in [-0.39, 0.29) is 12.8 Å². The first kappa shape index (κ1) is 52.8. The molecule has 0 radical (unpaired) electrons. The summed E-state index contributed by atoms with van der Waals surface area (Å²) in [5.74, 6) is -0.628. The lowest BCUT2D eigenvalue weighted by Crippen LogP contribution is -2.64.